The van der Waals surface area contributed by atoms with Crippen molar-refractivity contribution in [1.82, 2.24) is 0 Å². The molecule has 25 heavy (non-hydrogen) atoms. The van der Waals surface area contributed by atoms with Crippen LogP contribution >= 0.6 is 0 Å². The van der Waals surface area contributed by atoms with Crippen LogP contribution in [-0.4, -0.2) is 41.6 Å². The second-order valence-electron chi connectivity index (χ2n) is 5.57. The zero-order valence-corrected chi connectivity index (χ0v) is 12.9. The first-order chi connectivity index (χ1) is 11.0. The van der Waals surface area contributed by atoms with Crippen molar-refractivity contribution in [2.75, 3.05) is 6.61 Å². The van der Waals surface area contributed by atoms with Crippen molar-refractivity contribution in [3.63, 3.8) is 0 Å². The average molecular weight is 398 g/mol. The van der Waals surface area contributed by atoms with Gasteiger partial charge in [0.25, 0.3) is 0 Å². The zero-order chi connectivity index (χ0) is 20.3. The lowest BCUT2D eigenvalue weighted by molar-refractivity contribution is -0.427. The first kappa shape index (κ1) is 24.2. The number of hydrogen-bond acceptors (Lipinski definition) is 1. The Morgan fingerprint density at radius 1 is 0.680 bits per heavy atom. The molecule has 0 unspecified atom stereocenters. The van der Waals surface area contributed by atoms with Gasteiger partial charge in [-0.3, -0.25) is 0 Å². The van der Waals surface area contributed by atoms with Gasteiger partial charge >= 0.3 is 29.9 Å². The summed E-state index contributed by atoms with van der Waals surface area (Å²) in [6.07, 6.45) is -7.11. The molecule has 0 aromatic heterocycles. The van der Waals surface area contributed by atoms with Gasteiger partial charge in [-0.2, -0.15) is 48.3 Å². The third-order valence-electron chi connectivity index (χ3n) is 3.70. The molecule has 1 atom stereocenters. The highest BCUT2D eigenvalue weighted by Gasteiger charge is 2.87. The molecule has 0 aliphatic rings. The predicted octanol–water partition coefficient (Wildman–Crippen LogP) is 5.67. The second-order valence-corrected chi connectivity index (χ2v) is 5.57. The van der Waals surface area contributed by atoms with Gasteiger partial charge in [0.2, 0.25) is 0 Å². The van der Waals surface area contributed by atoms with Crippen LogP contribution in [0, 0.1) is 5.92 Å². The maximum absolute atomic E-state index is 13.7. The Morgan fingerprint density at radius 2 is 1.16 bits per heavy atom. The van der Waals surface area contributed by atoms with E-state index in [1.54, 1.807) is 6.92 Å². The summed E-state index contributed by atoms with van der Waals surface area (Å²) in [6.45, 7) is -0.0889. The molecular formula is C13H17F11O. The lowest BCUT2D eigenvalue weighted by atomic mass is 9.86. The maximum Gasteiger partial charge on any atom is 0.460 e. The minimum atomic E-state index is -7.42. The topological polar surface area (TPSA) is 20.2 Å². The quantitative estimate of drug-likeness (QED) is 0.372. The van der Waals surface area contributed by atoms with Crippen LogP contribution in [0.3, 0.4) is 0 Å². The molecule has 0 aromatic rings. The van der Waals surface area contributed by atoms with Crippen LogP contribution in [0.1, 0.15) is 39.0 Å². The normalized spacial score (nSPS) is 16.2. The Balaban J connectivity index is 5.68. The fourth-order valence-electron chi connectivity index (χ4n) is 2.05. The lowest BCUT2D eigenvalue weighted by Gasteiger charge is -2.39. The molecule has 0 aliphatic heterocycles. The van der Waals surface area contributed by atoms with E-state index in [1.807, 2.05) is 0 Å². The van der Waals surface area contributed by atoms with Crippen LogP contribution in [0.4, 0.5) is 48.3 Å². The summed E-state index contributed by atoms with van der Waals surface area (Å²) < 4.78 is 142. The van der Waals surface area contributed by atoms with E-state index in [0.717, 1.165) is 0 Å². The van der Waals surface area contributed by atoms with Gasteiger partial charge in [-0.1, -0.05) is 32.6 Å². The molecule has 0 saturated heterocycles. The van der Waals surface area contributed by atoms with Crippen LogP contribution < -0.4 is 0 Å². The summed E-state index contributed by atoms with van der Waals surface area (Å²) in [6, 6.07) is 0. The van der Waals surface area contributed by atoms with Crippen molar-refractivity contribution in [2.24, 2.45) is 5.92 Å². The van der Waals surface area contributed by atoms with Gasteiger partial charge in [-0.05, 0) is 6.42 Å². The summed E-state index contributed by atoms with van der Waals surface area (Å²) in [5.41, 5.74) is 0. The van der Waals surface area contributed by atoms with Crippen molar-refractivity contribution in [3.8, 4) is 0 Å². The van der Waals surface area contributed by atoms with Crippen molar-refractivity contribution in [2.45, 2.75) is 68.9 Å². The SMILES string of the molecule is CCCCCC[C@@H](CO)C(F)(F)C(F)(F)C(F)(F)C(F)(F)C(F)(F)F. The molecular weight excluding hydrogens is 381 g/mol. The number of rotatable bonds is 10. The van der Waals surface area contributed by atoms with Crippen molar-refractivity contribution < 1.29 is 53.4 Å². The van der Waals surface area contributed by atoms with Gasteiger partial charge in [-0.15, -0.1) is 0 Å². The average Bonchev–Trinajstić information content (AvgIpc) is 2.45. The molecule has 0 aromatic carbocycles. The Bertz CT molecular complexity index is 417. The van der Waals surface area contributed by atoms with E-state index >= 15 is 0 Å². The van der Waals surface area contributed by atoms with Gasteiger partial charge in [0.1, 0.15) is 0 Å². The van der Waals surface area contributed by atoms with Gasteiger partial charge in [-0.25, -0.2) is 0 Å². The molecule has 12 heteroatoms. The van der Waals surface area contributed by atoms with Crippen molar-refractivity contribution in [1.29, 1.82) is 0 Å². The standard InChI is InChI=1S/C13H17F11O/c1-2-3-4-5-6-8(7-25)9(14,15)10(16,17)11(18,19)12(20,21)13(22,23)24/h8,25H,2-7H2,1H3/t8-/m0/s1. The number of aliphatic hydroxyl groups is 1. The molecule has 152 valence electrons. The molecule has 1 nitrogen and oxygen atoms in total. The molecule has 0 fully saturated rings. The van der Waals surface area contributed by atoms with E-state index in [4.69, 9.17) is 5.11 Å². The molecule has 0 bridgehead atoms. The molecule has 0 saturated carbocycles. The highest BCUT2D eigenvalue weighted by atomic mass is 19.4. The van der Waals surface area contributed by atoms with Gasteiger partial charge in [0, 0.05) is 0 Å². The third-order valence-corrected chi connectivity index (χ3v) is 3.70. The molecule has 0 rings (SSSR count). The highest BCUT2D eigenvalue weighted by molar-refractivity contribution is 5.07. The molecule has 1 N–H and O–H groups in total. The zero-order valence-electron chi connectivity index (χ0n) is 12.9. The van der Waals surface area contributed by atoms with E-state index in [0.29, 0.717) is 12.8 Å². The summed E-state index contributed by atoms with van der Waals surface area (Å²) in [5.74, 6) is -30.8. The number of unbranched alkanes of at least 4 members (excludes halogenated alkanes) is 3. The minimum Gasteiger partial charge on any atom is -0.396 e. The van der Waals surface area contributed by atoms with Crippen LogP contribution in [0.5, 0.6) is 0 Å². The van der Waals surface area contributed by atoms with Crippen molar-refractivity contribution >= 4 is 0 Å². The molecule has 0 amide bonds. The predicted molar refractivity (Wildman–Crippen MR) is 65.2 cm³/mol. The number of alkyl halides is 11. The first-order valence-electron chi connectivity index (χ1n) is 7.21. The van der Waals surface area contributed by atoms with E-state index in [1.165, 1.54) is 0 Å². The Labute approximate surface area is 136 Å². The lowest BCUT2D eigenvalue weighted by Crippen LogP contribution is -2.68. The van der Waals surface area contributed by atoms with E-state index < -0.39 is 48.8 Å². The Hall–Kier alpha value is -0.810. The number of halogens is 11. The van der Waals surface area contributed by atoms with Gasteiger partial charge in [0.05, 0.1) is 12.5 Å². The van der Waals surface area contributed by atoms with E-state index in [9.17, 15) is 48.3 Å². The Morgan fingerprint density at radius 3 is 1.52 bits per heavy atom. The molecule has 0 heterocycles. The van der Waals surface area contributed by atoms with Crippen LogP contribution in [0.15, 0.2) is 0 Å². The fraction of sp³-hybridized carbons (Fsp3) is 1.00. The second kappa shape index (κ2) is 7.83. The Kier molecular flexibility index (Phi) is 7.58. The summed E-state index contributed by atoms with van der Waals surface area (Å²) in [5, 5.41) is 8.74. The van der Waals surface area contributed by atoms with E-state index in [-0.39, 0.29) is 12.8 Å². The summed E-state index contributed by atoms with van der Waals surface area (Å²) >= 11 is 0. The van der Waals surface area contributed by atoms with E-state index in [2.05, 4.69) is 0 Å². The highest BCUT2D eigenvalue weighted by Crippen LogP contribution is 2.59. The maximum atomic E-state index is 13.7. The smallest absolute Gasteiger partial charge is 0.396 e. The van der Waals surface area contributed by atoms with Gasteiger partial charge in [0.15, 0.2) is 0 Å². The largest absolute Gasteiger partial charge is 0.460 e. The number of aliphatic hydroxyl groups excluding tert-OH is 1. The molecule has 0 radical (unpaired) electrons. The first-order valence-corrected chi connectivity index (χ1v) is 7.21. The van der Waals surface area contributed by atoms with Crippen LogP contribution in [0.2, 0.25) is 0 Å². The number of hydrogen-bond donors (Lipinski definition) is 1. The molecule has 0 aliphatic carbocycles. The van der Waals surface area contributed by atoms with Crippen molar-refractivity contribution in [3.05, 3.63) is 0 Å². The van der Waals surface area contributed by atoms with Crippen LogP contribution in [0.25, 0.3) is 0 Å². The summed E-state index contributed by atoms with van der Waals surface area (Å²) in [7, 11) is 0. The fourth-order valence-corrected chi connectivity index (χ4v) is 2.05. The minimum absolute atomic E-state index is 0.198. The third kappa shape index (κ3) is 4.30. The molecule has 0 spiro atoms. The van der Waals surface area contributed by atoms with Crippen LogP contribution in [-0.2, 0) is 0 Å². The van der Waals surface area contributed by atoms with Gasteiger partial charge < -0.3 is 5.11 Å². The monoisotopic (exact) mass is 398 g/mol. The summed E-state index contributed by atoms with van der Waals surface area (Å²) in [4.78, 5) is 0.